The molecule has 2 aliphatic rings. The van der Waals surface area contributed by atoms with Crippen LogP contribution in [0, 0.1) is 0 Å². The number of halogens is 6. The highest BCUT2D eigenvalue weighted by Crippen LogP contribution is 2.34. The summed E-state index contributed by atoms with van der Waals surface area (Å²) in [5.74, 6) is -0.821. The minimum atomic E-state index is -4.82. The molecule has 10 heteroatoms. The van der Waals surface area contributed by atoms with E-state index in [0.29, 0.717) is 11.3 Å². The zero-order chi connectivity index (χ0) is 16.7. The van der Waals surface area contributed by atoms with Crippen LogP contribution in [0.15, 0.2) is 0 Å². The normalized spacial score (nSPS) is 29.4. The standard InChI is InChI=1S/C12H16F6N2O2/c13-11(14,15)6-19-5-3-8(10(19)22)20-4-1-2-7(20)9(21)12(16,17)18/h7-9,21H,1-6H2. The molecular weight excluding hydrogens is 318 g/mol. The summed E-state index contributed by atoms with van der Waals surface area (Å²) in [5.41, 5.74) is 0. The number of likely N-dealkylation sites (tertiary alicyclic amines) is 2. The van der Waals surface area contributed by atoms with E-state index in [2.05, 4.69) is 0 Å². The van der Waals surface area contributed by atoms with Crippen molar-refractivity contribution in [2.24, 2.45) is 0 Å². The SMILES string of the molecule is O=C1C(N2CCCC2C(O)C(F)(F)F)CCN1CC(F)(F)F. The van der Waals surface area contributed by atoms with Gasteiger partial charge in [0.2, 0.25) is 5.91 Å². The third kappa shape index (κ3) is 3.65. The van der Waals surface area contributed by atoms with Crippen molar-refractivity contribution >= 4 is 5.91 Å². The lowest BCUT2D eigenvalue weighted by molar-refractivity contribution is -0.220. The molecule has 2 heterocycles. The highest BCUT2D eigenvalue weighted by Gasteiger charge is 2.51. The summed E-state index contributed by atoms with van der Waals surface area (Å²) in [6, 6.07) is -2.30. The Balaban J connectivity index is 2.07. The average Bonchev–Trinajstić information content (AvgIpc) is 2.93. The first kappa shape index (κ1) is 17.3. The predicted octanol–water partition coefficient (Wildman–Crippen LogP) is 1.54. The Morgan fingerprint density at radius 3 is 2.32 bits per heavy atom. The van der Waals surface area contributed by atoms with E-state index in [1.807, 2.05) is 0 Å². The highest BCUT2D eigenvalue weighted by molar-refractivity contribution is 5.84. The van der Waals surface area contributed by atoms with Gasteiger partial charge in [-0.3, -0.25) is 9.69 Å². The van der Waals surface area contributed by atoms with Crippen molar-refractivity contribution in [3.05, 3.63) is 0 Å². The summed E-state index contributed by atoms with van der Waals surface area (Å²) >= 11 is 0. The van der Waals surface area contributed by atoms with E-state index in [0.717, 1.165) is 0 Å². The Morgan fingerprint density at radius 2 is 1.77 bits per heavy atom. The topological polar surface area (TPSA) is 43.8 Å². The van der Waals surface area contributed by atoms with Gasteiger partial charge >= 0.3 is 12.4 Å². The van der Waals surface area contributed by atoms with Crippen molar-refractivity contribution in [2.75, 3.05) is 19.6 Å². The number of amides is 1. The molecule has 22 heavy (non-hydrogen) atoms. The van der Waals surface area contributed by atoms with Gasteiger partial charge in [-0.2, -0.15) is 26.3 Å². The van der Waals surface area contributed by atoms with Crippen LogP contribution in [0.5, 0.6) is 0 Å². The lowest BCUT2D eigenvalue weighted by Crippen LogP contribution is -2.53. The molecule has 0 aromatic carbocycles. The molecule has 3 unspecified atom stereocenters. The number of rotatable bonds is 3. The molecule has 2 fully saturated rings. The van der Waals surface area contributed by atoms with Gasteiger partial charge in [-0.25, -0.2) is 0 Å². The van der Waals surface area contributed by atoms with Crippen LogP contribution < -0.4 is 0 Å². The van der Waals surface area contributed by atoms with Gasteiger partial charge in [-0.05, 0) is 25.8 Å². The van der Waals surface area contributed by atoms with Crippen LogP contribution in [-0.2, 0) is 4.79 Å². The summed E-state index contributed by atoms with van der Waals surface area (Å²) in [5, 5.41) is 9.38. The fraction of sp³-hybridized carbons (Fsp3) is 0.917. The molecule has 128 valence electrons. The van der Waals surface area contributed by atoms with Crippen LogP contribution in [0.3, 0.4) is 0 Å². The maximum Gasteiger partial charge on any atom is 0.415 e. The van der Waals surface area contributed by atoms with Crippen LogP contribution in [0.1, 0.15) is 19.3 Å². The Labute approximate surface area is 122 Å². The fourth-order valence-electron chi connectivity index (χ4n) is 3.16. The number of nitrogens with zero attached hydrogens (tertiary/aromatic N) is 2. The number of carbonyl (C=O) groups is 1. The molecule has 0 saturated carbocycles. The third-order valence-corrected chi connectivity index (χ3v) is 4.08. The molecule has 2 saturated heterocycles. The number of alkyl halides is 6. The Kier molecular flexibility index (Phi) is 4.63. The van der Waals surface area contributed by atoms with Gasteiger partial charge in [0.05, 0.1) is 6.04 Å². The second-order valence-corrected chi connectivity index (χ2v) is 5.61. The summed E-state index contributed by atoms with van der Waals surface area (Å²) in [4.78, 5) is 13.8. The smallest absolute Gasteiger partial charge is 0.382 e. The van der Waals surface area contributed by atoms with E-state index in [9.17, 15) is 36.2 Å². The molecule has 1 amide bonds. The number of carbonyl (C=O) groups excluding carboxylic acids is 1. The summed E-state index contributed by atoms with van der Waals surface area (Å²) in [6.07, 6.45) is -11.5. The highest BCUT2D eigenvalue weighted by atomic mass is 19.4. The first-order valence-electron chi connectivity index (χ1n) is 6.87. The van der Waals surface area contributed by atoms with Crippen LogP contribution in [-0.4, -0.2) is 71.0 Å². The first-order chi connectivity index (χ1) is 10.0. The van der Waals surface area contributed by atoms with E-state index in [-0.39, 0.29) is 25.9 Å². The molecule has 0 radical (unpaired) electrons. The summed E-state index contributed by atoms with van der Waals surface area (Å²) < 4.78 is 75.0. The number of hydrogen-bond acceptors (Lipinski definition) is 3. The second kappa shape index (κ2) is 5.88. The number of aliphatic hydroxyl groups excluding tert-OH is 1. The Hall–Kier alpha value is -1.03. The maximum absolute atomic E-state index is 12.6. The van der Waals surface area contributed by atoms with E-state index in [4.69, 9.17) is 0 Å². The molecule has 4 nitrogen and oxygen atoms in total. The minimum absolute atomic E-state index is 0.0377. The second-order valence-electron chi connectivity index (χ2n) is 5.61. The van der Waals surface area contributed by atoms with Gasteiger partial charge < -0.3 is 10.0 Å². The van der Waals surface area contributed by atoms with E-state index in [1.165, 1.54) is 4.90 Å². The first-order valence-corrected chi connectivity index (χ1v) is 6.87. The molecule has 1 N–H and O–H groups in total. The van der Waals surface area contributed by atoms with Crippen molar-refractivity contribution < 1.29 is 36.2 Å². The van der Waals surface area contributed by atoms with E-state index in [1.54, 1.807) is 0 Å². The van der Waals surface area contributed by atoms with Gasteiger partial charge in [0.1, 0.15) is 6.54 Å². The number of aliphatic hydroxyl groups is 1. The lowest BCUT2D eigenvalue weighted by Gasteiger charge is -2.33. The quantitative estimate of drug-likeness (QED) is 0.797. The zero-order valence-corrected chi connectivity index (χ0v) is 11.5. The van der Waals surface area contributed by atoms with Crippen molar-refractivity contribution in [2.45, 2.75) is 49.8 Å². The molecular formula is C12H16F6N2O2. The third-order valence-electron chi connectivity index (χ3n) is 4.08. The molecule has 0 aromatic heterocycles. The molecule has 0 aliphatic carbocycles. The van der Waals surface area contributed by atoms with Crippen LogP contribution in [0.25, 0.3) is 0 Å². The predicted molar refractivity (Wildman–Crippen MR) is 62.8 cm³/mol. The minimum Gasteiger partial charge on any atom is -0.382 e. The number of hydrogen-bond donors (Lipinski definition) is 1. The molecule has 0 bridgehead atoms. The zero-order valence-electron chi connectivity index (χ0n) is 11.5. The lowest BCUT2D eigenvalue weighted by atomic mass is 10.1. The van der Waals surface area contributed by atoms with Crippen molar-refractivity contribution in [3.63, 3.8) is 0 Å². The molecule has 2 aliphatic heterocycles. The monoisotopic (exact) mass is 334 g/mol. The molecule has 0 spiro atoms. The summed E-state index contributed by atoms with van der Waals surface area (Å²) in [7, 11) is 0. The van der Waals surface area contributed by atoms with Crippen LogP contribution in [0.2, 0.25) is 0 Å². The van der Waals surface area contributed by atoms with Gasteiger partial charge in [-0.15, -0.1) is 0 Å². The molecule has 2 rings (SSSR count). The fourth-order valence-corrected chi connectivity index (χ4v) is 3.16. The van der Waals surface area contributed by atoms with Crippen LogP contribution in [0.4, 0.5) is 26.3 Å². The van der Waals surface area contributed by atoms with Gasteiger partial charge in [0.15, 0.2) is 6.10 Å². The van der Waals surface area contributed by atoms with E-state index >= 15 is 0 Å². The maximum atomic E-state index is 12.6. The van der Waals surface area contributed by atoms with Crippen molar-refractivity contribution in [1.29, 1.82) is 0 Å². The van der Waals surface area contributed by atoms with Crippen molar-refractivity contribution in [3.8, 4) is 0 Å². The largest absolute Gasteiger partial charge is 0.415 e. The van der Waals surface area contributed by atoms with Gasteiger partial charge in [0, 0.05) is 12.6 Å². The van der Waals surface area contributed by atoms with Gasteiger partial charge in [0.25, 0.3) is 0 Å². The molecule has 0 aromatic rings. The Bertz CT molecular complexity index is 425. The van der Waals surface area contributed by atoms with Crippen LogP contribution >= 0.6 is 0 Å². The molecule has 3 atom stereocenters. The van der Waals surface area contributed by atoms with Gasteiger partial charge in [-0.1, -0.05) is 0 Å². The van der Waals surface area contributed by atoms with Crippen molar-refractivity contribution in [1.82, 2.24) is 9.80 Å². The Morgan fingerprint density at radius 1 is 1.14 bits per heavy atom. The van der Waals surface area contributed by atoms with E-state index < -0.39 is 43.0 Å². The average molecular weight is 334 g/mol. The summed E-state index contributed by atoms with van der Waals surface area (Å²) in [6.45, 7) is -1.38.